The molecular formula is C6H8ClNO3. The van der Waals surface area contributed by atoms with E-state index in [1.54, 1.807) is 6.92 Å². The quantitative estimate of drug-likeness (QED) is 0.463. The normalized spacial score (nSPS) is 17.5. The monoisotopic (exact) mass is 177 g/mol. The van der Waals surface area contributed by atoms with Crippen molar-refractivity contribution in [3.05, 3.63) is 11.8 Å². The number of halogens is 1. The highest BCUT2D eigenvalue weighted by Gasteiger charge is 2.20. The Balaban J connectivity index is 2.43. The predicted molar refractivity (Wildman–Crippen MR) is 38.4 cm³/mol. The Kier molecular flexibility index (Phi) is 2.73. The number of ether oxygens (including phenoxy) is 1. The van der Waals surface area contributed by atoms with Gasteiger partial charge in [0, 0.05) is 11.8 Å². The third-order valence-corrected chi connectivity index (χ3v) is 1.34. The second-order valence-corrected chi connectivity index (χ2v) is 2.32. The van der Waals surface area contributed by atoms with Crippen LogP contribution >= 0.6 is 11.8 Å². The molecule has 5 heteroatoms. The van der Waals surface area contributed by atoms with Gasteiger partial charge in [0.15, 0.2) is 0 Å². The molecule has 4 nitrogen and oxygen atoms in total. The van der Waals surface area contributed by atoms with Crippen LogP contribution in [0.5, 0.6) is 0 Å². The average Bonchev–Trinajstić information content (AvgIpc) is 2.36. The highest BCUT2D eigenvalue weighted by Crippen LogP contribution is 2.13. The minimum Gasteiger partial charge on any atom is -0.463 e. The van der Waals surface area contributed by atoms with E-state index in [2.05, 4.69) is 4.84 Å². The minimum atomic E-state index is -0.379. The number of hydroxylamine groups is 1. The zero-order valence-electron chi connectivity index (χ0n) is 6.04. The molecule has 0 saturated heterocycles. The Morgan fingerprint density at radius 1 is 2.00 bits per heavy atom. The third-order valence-electron chi connectivity index (χ3n) is 1.14. The average molecular weight is 178 g/mol. The molecule has 0 bridgehead atoms. The van der Waals surface area contributed by atoms with E-state index in [-0.39, 0.29) is 12.5 Å². The fraction of sp³-hybridized carbons (Fsp3) is 0.500. The van der Waals surface area contributed by atoms with Crippen molar-refractivity contribution in [3.63, 3.8) is 0 Å². The van der Waals surface area contributed by atoms with Gasteiger partial charge in [0.1, 0.15) is 6.26 Å². The third kappa shape index (κ3) is 2.10. The van der Waals surface area contributed by atoms with E-state index in [0.717, 1.165) is 4.58 Å². The first kappa shape index (κ1) is 8.36. The first-order chi connectivity index (χ1) is 5.24. The van der Waals surface area contributed by atoms with Crippen LogP contribution in [-0.2, 0) is 14.4 Å². The van der Waals surface area contributed by atoms with Crippen LogP contribution in [0.25, 0.3) is 0 Å². The number of esters is 1. The van der Waals surface area contributed by atoms with E-state index in [1.807, 2.05) is 0 Å². The lowest BCUT2D eigenvalue weighted by molar-refractivity contribution is -0.138. The van der Waals surface area contributed by atoms with Crippen LogP contribution in [0.4, 0.5) is 0 Å². The van der Waals surface area contributed by atoms with Crippen LogP contribution < -0.4 is 0 Å². The number of nitrogens with zero attached hydrogens (tertiary/aromatic N) is 1. The summed E-state index contributed by atoms with van der Waals surface area (Å²) in [5.41, 5.74) is 0.432. The number of carbonyl (C=O) groups excluding carboxylic acids is 1. The van der Waals surface area contributed by atoms with E-state index in [4.69, 9.17) is 16.5 Å². The lowest BCUT2D eigenvalue weighted by atomic mass is 10.3. The molecule has 0 aromatic rings. The second kappa shape index (κ2) is 3.59. The van der Waals surface area contributed by atoms with Crippen molar-refractivity contribution in [1.82, 2.24) is 4.58 Å². The summed E-state index contributed by atoms with van der Waals surface area (Å²) in [6.07, 6.45) is 1.28. The van der Waals surface area contributed by atoms with Crippen molar-refractivity contribution in [1.29, 1.82) is 0 Å². The van der Waals surface area contributed by atoms with Crippen LogP contribution in [-0.4, -0.2) is 23.7 Å². The van der Waals surface area contributed by atoms with Gasteiger partial charge in [0.25, 0.3) is 0 Å². The van der Waals surface area contributed by atoms with Crippen molar-refractivity contribution in [2.75, 3.05) is 13.2 Å². The molecule has 1 heterocycles. The molecule has 1 aliphatic heterocycles. The summed E-state index contributed by atoms with van der Waals surface area (Å²) in [5.74, 6) is -0.379. The molecule has 0 fully saturated rings. The maximum Gasteiger partial charge on any atom is 0.338 e. The fourth-order valence-corrected chi connectivity index (χ4v) is 0.834. The van der Waals surface area contributed by atoms with Crippen LogP contribution in [0.15, 0.2) is 11.8 Å². The Morgan fingerprint density at radius 3 is 3.18 bits per heavy atom. The summed E-state index contributed by atoms with van der Waals surface area (Å²) < 4.78 is 5.74. The lowest BCUT2D eigenvalue weighted by Crippen LogP contribution is -2.13. The van der Waals surface area contributed by atoms with Gasteiger partial charge in [-0.2, -0.15) is 0 Å². The van der Waals surface area contributed by atoms with Gasteiger partial charge in [-0.05, 0) is 11.5 Å². The first-order valence-electron chi connectivity index (χ1n) is 3.20. The maximum atomic E-state index is 10.9. The standard InChI is InChI=1S/C6H8ClNO3/c1-2-10-6(9)5-3-8(7)11-4-5/h4H,2-3H2,1H3. The van der Waals surface area contributed by atoms with Gasteiger partial charge >= 0.3 is 5.97 Å². The van der Waals surface area contributed by atoms with Gasteiger partial charge in [0.05, 0.1) is 18.7 Å². The fourth-order valence-electron chi connectivity index (χ4n) is 0.666. The van der Waals surface area contributed by atoms with Gasteiger partial charge in [0.2, 0.25) is 0 Å². The molecule has 11 heavy (non-hydrogen) atoms. The molecule has 0 aromatic carbocycles. The molecule has 0 unspecified atom stereocenters. The highest BCUT2D eigenvalue weighted by atomic mass is 35.5. The molecule has 1 aliphatic rings. The van der Waals surface area contributed by atoms with Crippen molar-refractivity contribution in [2.45, 2.75) is 6.92 Å². The Hall–Kier alpha value is -0.740. The number of hydrogen-bond donors (Lipinski definition) is 0. The molecule has 0 aromatic heterocycles. The zero-order chi connectivity index (χ0) is 8.27. The summed E-state index contributed by atoms with van der Waals surface area (Å²) >= 11 is 5.40. The molecule has 0 radical (unpaired) electrons. The lowest BCUT2D eigenvalue weighted by Gasteiger charge is -2.01. The van der Waals surface area contributed by atoms with Crippen LogP contribution in [0.1, 0.15) is 6.92 Å². The Morgan fingerprint density at radius 2 is 2.73 bits per heavy atom. The van der Waals surface area contributed by atoms with E-state index in [1.165, 1.54) is 6.26 Å². The number of rotatable bonds is 2. The predicted octanol–water partition coefficient (Wildman–Crippen LogP) is 0.834. The van der Waals surface area contributed by atoms with Crippen molar-refractivity contribution >= 4 is 17.7 Å². The molecule has 0 N–H and O–H groups in total. The van der Waals surface area contributed by atoms with E-state index < -0.39 is 0 Å². The van der Waals surface area contributed by atoms with Gasteiger partial charge in [-0.15, -0.1) is 0 Å². The Bertz CT molecular complexity index is 192. The van der Waals surface area contributed by atoms with Crippen LogP contribution in [0.3, 0.4) is 0 Å². The molecule has 1 rings (SSSR count). The Labute approximate surface area is 69.4 Å². The largest absolute Gasteiger partial charge is 0.463 e. The molecule has 0 atom stereocenters. The van der Waals surface area contributed by atoms with Crippen LogP contribution in [0.2, 0.25) is 0 Å². The SMILES string of the molecule is CCOC(=O)C1=CON(Cl)C1. The van der Waals surface area contributed by atoms with Crippen LogP contribution in [0, 0.1) is 0 Å². The smallest absolute Gasteiger partial charge is 0.338 e. The second-order valence-electron chi connectivity index (χ2n) is 1.94. The minimum absolute atomic E-state index is 0.264. The number of carbonyl (C=O) groups is 1. The molecule has 0 amide bonds. The van der Waals surface area contributed by atoms with E-state index >= 15 is 0 Å². The van der Waals surface area contributed by atoms with Gasteiger partial charge < -0.3 is 9.57 Å². The first-order valence-corrected chi connectivity index (χ1v) is 3.54. The van der Waals surface area contributed by atoms with Crippen molar-refractivity contribution in [3.8, 4) is 0 Å². The van der Waals surface area contributed by atoms with Crippen molar-refractivity contribution < 1.29 is 14.4 Å². The van der Waals surface area contributed by atoms with E-state index in [0.29, 0.717) is 12.2 Å². The molecule has 0 aliphatic carbocycles. The van der Waals surface area contributed by atoms with Gasteiger partial charge in [-0.3, -0.25) is 0 Å². The summed E-state index contributed by atoms with van der Waals surface area (Å²) in [6.45, 7) is 2.37. The van der Waals surface area contributed by atoms with Crippen molar-refractivity contribution in [2.24, 2.45) is 0 Å². The zero-order valence-corrected chi connectivity index (χ0v) is 6.80. The molecular weight excluding hydrogens is 170 g/mol. The summed E-state index contributed by atoms with van der Waals surface area (Å²) in [5, 5.41) is 0. The molecule has 62 valence electrons. The van der Waals surface area contributed by atoms with E-state index in [9.17, 15) is 4.79 Å². The summed E-state index contributed by atoms with van der Waals surface area (Å²) in [7, 11) is 0. The number of hydrogen-bond acceptors (Lipinski definition) is 4. The van der Waals surface area contributed by atoms with Gasteiger partial charge in [-0.25, -0.2) is 4.79 Å². The maximum absolute atomic E-state index is 10.9. The highest BCUT2D eigenvalue weighted by molar-refractivity contribution is 6.13. The summed E-state index contributed by atoms with van der Waals surface area (Å²) in [6, 6.07) is 0. The topological polar surface area (TPSA) is 38.8 Å². The summed E-state index contributed by atoms with van der Waals surface area (Å²) in [4.78, 5) is 15.6. The molecule has 0 saturated carbocycles. The van der Waals surface area contributed by atoms with Gasteiger partial charge in [-0.1, -0.05) is 0 Å². The molecule has 0 spiro atoms.